The zero-order valence-corrected chi connectivity index (χ0v) is 9.06. The van der Waals surface area contributed by atoms with E-state index in [4.69, 9.17) is 14.2 Å². The second kappa shape index (κ2) is 3.17. The smallest absolute Gasteiger partial charge is 0.187 e. The summed E-state index contributed by atoms with van der Waals surface area (Å²) in [5.74, 6) is -0.557. The van der Waals surface area contributed by atoms with Crippen LogP contribution in [0.1, 0.15) is 27.7 Å². The van der Waals surface area contributed by atoms with Crippen molar-refractivity contribution < 1.29 is 19.3 Å². The van der Waals surface area contributed by atoms with E-state index >= 15 is 0 Å². The molecule has 0 spiro atoms. The van der Waals surface area contributed by atoms with Crippen LogP contribution in [0.3, 0.4) is 0 Å². The number of rotatable bonds is 0. The Kier molecular flexibility index (Phi) is 2.34. The van der Waals surface area contributed by atoms with E-state index in [1.54, 1.807) is 0 Å². The van der Waals surface area contributed by atoms with Crippen LogP contribution in [0.25, 0.3) is 0 Å². The molecule has 0 amide bonds. The third-order valence-corrected chi connectivity index (χ3v) is 2.97. The van der Waals surface area contributed by atoms with E-state index in [2.05, 4.69) is 0 Å². The van der Waals surface area contributed by atoms with Crippen LogP contribution in [-0.2, 0) is 14.2 Å². The predicted octanol–water partition coefficient (Wildman–Crippen LogP) is 0.880. The summed E-state index contributed by atoms with van der Waals surface area (Å²) in [4.78, 5) is 0. The number of hydrogen-bond acceptors (Lipinski definition) is 4. The largest absolute Gasteiger partial charge is 0.390 e. The maximum atomic E-state index is 9.80. The SMILES string of the molecule is CC1O[C@H]2OC(C)(C)OC2[C@@H](C)[C@@H]1O. The molecule has 4 nitrogen and oxygen atoms in total. The molecule has 0 aromatic carbocycles. The van der Waals surface area contributed by atoms with Gasteiger partial charge in [-0.3, -0.25) is 0 Å². The lowest BCUT2D eigenvalue weighted by molar-refractivity contribution is -0.233. The van der Waals surface area contributed by atoms with Crippen molar-refractivity contribution >= 4 is 0 Å². The van der Waals surface area contributed by atoms with Gasteiger partial charge in [0.05, 0.1) is 12.2 Å². The Morgan fingerprint density at radius 3 is 2.43 bits per heavy atom. The summed E-state index contributed by atoms with van der Waals surface area (Å²) in [6.07, 6.45) is -1.16. The van der Waals surface area contributed by atoms with Gasteiger partial charge in [0.15, 0.2) is 12.1 Å². The summed E-state index contributed by atoms with van der Waals surface area (Å²) in [5.41, 5.74) is 0. The average molecular weight is 202 g/mol. The highest BCUT2D eigenvalue weighted by atomic mass is 16.8. The minimum Gasteiger partial charge on any atom is -0.390 e. The Labute approximate surface area is 84.1 Å². The molecule has 0 aromatic rings. The Bertz CT molecular complexity index is 228. The standard InChI is InChI=1S/C10H18O4/c1-5-7(11)6(2)12-9-8(5)13-10(3,4)14-9/h5-9,11H,1-4H3/t5-,6?,7-,8?,9-/m0/s1. The van der Waals surface area contributed by atoms with Gasteiger partial charge in [0.1, 0.15) is 6.10 Å². The number of aliphatic hydroxyl groups is 1. The lowest BCUT2D eigenvalue weighted by Crippen LogP contribution is -2.50. The van der Waals surface area contributed by atoms with Gasteiger partial charge < -0.3 is 19.3 Å². The van der Waals surface area contributed by atoms with Gasteiger partial charge in [-0.2, -0.15) is 0 Å². The molecule has 0 radical (unpaired) electrons. The first-order valence-corrected chi connectivity index (χ1v) is 5.10. The molecule has 2 aliphatic rings. The van der Waals surface area contributed by atoms with Crippen molar-refractivity contribution in [3.63, 3.8) is 0 Å². The zero-order chi connectivity index (χ0) is 10.5. The van der Waals surface area contributed by atoms with Crippen LogP contribution in [-0.4, -0.2) is 35.5 Å². The first kappa shape index (κ1) is 10.4. The van der Waals surface area contributed by atoms with Crippen molar-refractivity contribution in [1.29, 1.82) is 0 Å². The van der Waals surface area contributed by atoms with E-state index in [-0.39, 0.29) is 24.4 Å². The van der Waals surface area contributed by atoms with Gasteiger partial charge in [-0.15, -0.1) is 0 Å². The Morgan fingerprint density at radius 1 is 1.14 bits per heavy atom. The first-order chi connectivity index (χ1) is 6.41. The summed E-state index contributed by atoms with van der Waals surface area (Å²) < 4.78 is 16.8. The predicted molar refractivity (Wildman–Crippen MR) is 49.5 cm³/mol. The molecule has 1 N–H and O–H groups in total. The molecule has 2 fully saturated rings. The number of fused-ring (bicyclic) bond motifs is 1. The van der Waals surface area contributed by atoms with Gasteiger partial charge in [0, 0.05) is 5.92 Å². The average Bonchev–Trinajstić information content (AvgIpc) is 2.37. The minimum atomic E-state index is -0.604. The number of hydrogen-bond donors (Lipinski definition) is 1. The van der Waals surface area contributed by atoms with Gasteiger partial charge >= 0.3 is 0 Å². The summed E-state index contributed by atoms with van der Waals surface area (Å²) in [6, 6.07) is 0. The van der Waals surface area contributed by atoms with Crippen molar-refractivity contribution in [3.8, 4) is 0 Å². The molecule has 5 atom stereocenters. The van der Waals surface area contributed by atoms with Crippen molar-refractivity contribution in [2.75, 3.05) is 0 Å². The van der Waals surface area contributed by atoms with E-state index < -0.39 is 11.9 Å². The highest BCUT2D eigenvalue weighted by molar-refractivity contribution is 4.90. The molecule has 2 aliphatic heterocycles. The Hall–Kier alpha value is -0.160. The van der Waals surface area contributed by atoms with Crippen LogP contribution >= 0.6 is 0 Å². The van der Waals surface area contributed by atoms with Crippen LogP contribution in [0.5, 0.6) is 0 Å². The molecule has 0 aliphatic carbocycles. The van der Waals surface area contributed by atoms with Gasteiger partial charge in [0.25, 0.3) is 0 Å². The van der Waals surface area contributed by atoms with Crippen LogP contribution in [0, 0.1) is 5.92 Å². The van der Waals surface area contributed by atoms with Crippen molar-refractivity contribution in [2.45, 2.75) is 58.1 Å². The molecule has 2 unspecified atom stereocenters. The second-order valence-electron chi connectivity index (χ2n) is 4.66. The minimum absolute atomic E-state index is 0.0468. The van der Waals surface area contributed by atoms with Crippen molar-refractivity contribution in [3.05, 3.63) is 0 Å². The molecule has 0 saturated carbocycles. The number of aliphatic hydroxyl groups excluding tert-OH is 1. The van der Waals surface area contributed by atoms with Crippen LogP contribution in [0.15, 0.2) is 0 Å². The first-order valence-electron chi connectivity index (χ1n) is 5.10. The second-order valence-corrected chi connectivity index (χ2v) is 4.66. The quantitative estimate of drug-likeness (QED) is 0.633. The molecular formula is C10H18O4. The monoisotopic (exact) mass is 202 g/mol. The van der Waals surface area contributed by atoms with E-state index in [1.807, 2.05) is 27.7 Å². The maximum Gasteiger partial charge on any atom is 0.187 e. The van der Waals surface area contributed by atoms with Gasteiger partial charge in [-0.1, -0.05) is 6.92 Å². The molecule has 2 heterocycles. The molecule has 82 valence electrons. The molecule has 0 bridgehead atoms. The molecular weight excluding hydrogens is 184 g/mol. The van der Waals surface area contributed by atoms with Crippen LogP contribution in [0.4, 0.5) is 0 Å². The summed E-state index contributed by atoms with van der Waals surface area (Å²) in [7, 11) is 0. The summed E-state index contributed by atoms with van der Waals surface area (Å²) in [5, 5.41) is 9.80. The van der Waals surface area contributed by atoms with E-state index in [9.17, 15) is 5.11 Å². The number of ether oxygens (including phenoxy) is 3. The molecule has 2 rings (SSSR count). The third-order valence-electron chi connectivity index (χ3n) is 2.97. The highest BCUT2D eigenvalue weighted by Crippen LogP contribution is 2.38. The van der Waals surface area contributed by atoms with Crippen LogP contribution < -0.4 is 0 Å². The summed E-state index contributed by atoms with van der Waals surface area (Å²) >= 11 is 0. The van der Waals surface area contributed by atoms with Gasteiger partial charge in [-0.05, 0) is 20.8 Å². The van der Waals surface area contributed by atoms with E-state index in [0.717, 1.165) is 0 Å². The molecule has 2 saturated heterocycles. The lowest BCUT2D eigenvalue weighted by atomic mass is 9.91. The fraction of sp³-hybridized carbons (Fsp3) is 1.00. The third kappa shape index (κ3) is 1.56. The van der Waals surface area contributed by atoms with Crippen molar-refractivity contribution in [2.24, 2.45) is 5.92 Å². The zero-order valence-electron chi connectivity index (χ0n) is 9.06. The van der Waals surface area contributed by atoms with E-state index in [1.165, 1.54) is 0 Å². The Balaban J connectivity index is 2.15. The fourth-order valence-corrected chi connectivity index (χ4v) is 2.13. The van der Waals surface area contributed by atoms with Crippen LogP contribution in [0.2, 0.25) is 0 Å². The summed E-state index contributed by atoms with van der Waals surface area (Å²) in [6.45, 7) is 7.54. The molecule has 14 heavy (non-hydrogen) atoms. The van der Waals surface area contributed by atoms with Gasteiger partial charge in [0.2, 0.25) is 0 Å². The Morgan fingerprint density at radius 2 is 1.79 bits per heavy atom. The molecule has 4 heteroatoms. The molecule has 0 aromatic heterocycles. The fourth-order valence-electron chi connectivity index (χ4n) is 2.13. The topological polar surface area (TPSA) is 47.9 Å². The lowest BCUT2D eigenvalue weighted by Gasteiger charge is -2.37. The van der Waals surface area contributed by atoms with Crippen molar-refractivity contribution in [1.82, 2.24) is 0 Å². The highest BCUT2D eigenvalue weighted by Gasteiger charge is 2.51. The maximum absolute atomic E-state index is 9.80. The van der Waals surface area contributed by atoms with E-state index in [0.29, 0.717) is 0 Å². The van der Waals surface area contributed by atoms with Gasteiger partial charge in [-0.25, -0.2) is 0 Å². The normalized spacial score (nSPS) is 51.6.